The van der Waals surface area contributed by atoms with Gasteiger partial charge < -0.3 is 5.32 Å². The first-order chi connectivity index (χ1) is 7.32. The molecule has 0 unspecified atom stereocenters. The summed E-state index contributed by atoms with van der Waals surface area (Å²) in [7, 11) is 0. The minimum atomic E-state index is -0.131. The summed E-state index contributed by atoms with van der Waals surface area (Å²) in [6.07, 6.45) is 3.21. The summed E-state index contributed by atoms with van der Waals surface area (Å²) < 4.78 is 0. The second-order valence-electron chi connectivity index (χ2n) is 4.73. The molecule has 0 amide bonds. The Morgan fingerprint density at radius 3 is 3.07 bits per heavy atom. The molecule has 15 heavy (non-hydrogen) atoms. The molecule has 1 spiro atoms. The van der Waals surface area contributed by atoms with Crippen LogP contribution in [0.2, 0.25) is 0 Å². The highest BCUT2D eigenvalue weighted by Gasteiger charge is 2.66. The predicted octanol–water partition coefficient (Wildman–Crippen LogP) is 1.83. The van der Waals surface area contributed by atoms with Crippen LogP contribution in [0.25, 0.3) is 6.08 Å². The molecule has 1 saturated carbocycles. The van der Waals surface area contributed by atoms with E-state index in [0.717, 1.165) is 29.8 Å². The van der Waals surface area contributed by atoms with Crippen LogP contribution in [-0.4, -0.2) is 12.3 Å². The van der Waals surface area contributed by atoms with Gasteiger partial charge in [0.2, 0.25) is 0 Å². The molecule has 2 nitrogen and oxygen atoms in total. The van der Waals surface area contributed by atoms with Crippen molar-refractivity contribution in [2.45, 2.75) is 6.42 Å². The van der Waals surface area contributed by atoms with Crippen LogP contribution >= 0.6 is 0 Å². The number of hydrogen-bond acceptors (Lipinski definition) is 2. The van der Waals surface area contributed by atoms with Crippen molar-refractivity contribution >= 4 is 11.9 Å². The fourth-order valence-corrected chi connectivity index (χ4v) is 3.10. The van der Waals surface area contributed by atoms with Gasteiger partial charge >= 0.3 is 0 Å². The molecule has 2 atom stereocenters. The molecule has 1 heterocycles. The van der Waals surface area contributed by atoms with E-state index in [2.05, 4.69) is 11.4 Å². The Morgan fingerprint density at radius 2 is 2.20 bits per heavy atom. The molecule has 1 aliphatic heterocycles. The van der Waals surface area contributed by atoms with E-state index in [0.29, 0.717) is 11.7 Å². The third-order valence-corrected chi connectivity index (χ3v) is 4.04. The van der Waals surface area contributed by atoms with Crippen molar-refractivity contribution in [3.05, 3.63) is 41.1 Å². The zero-order valence-corrected chi connectivity index (χ0v) is 8.29. The number of ketones is 1. The van der Waals surface area contributed by atoms with Crippen molar-refractivity contribution in [3.63, 3.8) is 0 Å². The van der Waals surface area contributed by atoms with E-state index in [4.69, 9.17) is 0 Å². The quantitative estimate of drug-likeness (QED) is 0.687. The fourth-order valence-electron chi connectivity index (χ4n) is 3.10. The van der Waals surface area contributed by atoms with E-state index in [-0.39, 0.29) is 5.41 Å². The summed E-state index contributed by atoms with van der Waals surface area (Å²) in [5, 5.41) is 3.36. The molecule has 0 radical (unpaired) electrons. The van der Waals surface area contributed by atoms with Crippen LogP contribution in [0.5, 0.6) is 0 Å². The number of carbonyl (C=O) groups excluding carboxylic acids is 1. The number of allylic oxidation sites excluding steroid dienone is 1. The molecule has 4 rings (SSSR count). The molecule has 1 aromatic rings. The number of nitrogens with one attached hydrogen (secondary N) is 1. The fraction of sp³-hybridized carbons (Fsp3) is 0.308. The summed E-state index contributed by atoms with van der Waals surface area (Å²) >= 11 is 0. The standard InChI is InChI=1S/C13H11NO/c15-12-10-4-2-1-3-8(10)5-11-13(12)6-9(13)7-14-11/h1-5,9,14H,6-7H2/t9-,13+/m0/s1. The number of carbonyl (C=O) groups is 1. The normalized spacial score (nSPS) is 34.8. The van der Waals surface area contributed by atoms with E-state index in [1.807, 2.05) is 24.3 Å². The Bertz CT molecular complexity index is 517. The van der Waals surface area contributed by atoms with Crippen molar-refractivity contribution in [1.29, 1.82) is 0 Å². The monoisotopic (exact) mass is 197 g/mol. The third kappa shape index (κ3) is 0.717. The molecule has 2 fully saturated rings. The van der Waals surface area contributed by atoms with Gasteiger partial charge in [-0.25, -0.2) is 0 Å². The minimum absolute atomic E-state index is 0.131. The third-order valence-electron chi connectivity index (χ3n) is 4.04. The first-order valence-electron chi connectivity index (χ1n) is 5.42. The van der Waals surface area contributed by atoms with Crippen LogP contribution in [0.3, 0.4) is 0 Å². The second-order valence-corrected chi connectivity index (χ2v) is 4.73. The summed E-state index contributed by atoms with van der Waals surface area (Å²) in [5.74, 6) is 0.898. The van der Waals surface area contributed by atoms with Crippen LogP contribution in [0.1, 0.15) is 22.3 Å². The number of Topliss-reactive ketones (excluding diaryl/α,β-unsaturated/α-hetero) is 1. The molecule has 0 aromatic heterocycles. The van der Waals surface area contributed by atoms with Crippen LogP contribution in [-0.2, 0) is 0 Å². The van der Waals surface area contributed by atoms with Gasteiger partial charge in [0.1, 0.15) is 0 Å². The zero-order chi connectivity index (χ0) is 10.0. The highest BCUT2D eigenvalue weighted by atomic mass is 16.1. The largest absolute Gasteiger partial charge is 0.387 e. The molecule has 1 saturated heterocycles. The predicted molar refractivity (Wildman–Crippen MR) is 57.3 cm³/mol. The lowest BCUT2D eigenvalue weighted by Gasteiger charge is -2.21. The van der Waals surface area contributed by atoms with Crippen molar-refractivity contribution < 1.29 is 4.79 Å². The van der Waals surface area contributed by atoms with Crippen LogP contribution in [0.4, 0.5) is 0 Å². The van der Waals surface area contributed by atoms with Crippen LogP contribution in [0, 0.1) is 11.3 Å². The lowest BCUT2D eigenvalue weighted by Crippen LogP contribution is -2.26. The van der Waals surface area contributed by atoms with Gasteiger partial charge in [-0.2, -0.15) is 0 Å². The smallest absolute Gasteiger partial charge is 0.175 e. The van der Waals surface area contributed by atoms with Crippen molar-refractivity contribution in [2.75, 3.05) is 6.54 Å². The number of rotatable bonds is 0. The summed E-state index contributed by atoms with van der Waals surface area (Å²) in [6.45, 7) is 0.978. The maximum absolute atomic E-state index is 12.4. The Balaban J connectivity index is 2.01. The van der Waals surface area contributed by atoms with Crippen molar-refractivity contribution in [3.8, 4) is 0 Å². The van der Waals surface area contributed by atoms with Crippen molar-refractivity contribution in [1.82, 2.24) is 5.32 Å². The van der Waals surface area contributed by atoms with Gasteiger partial charge in [0.25, 0.3) is 0 Å². The molecular formula is C13H11NO. The topological polar surface area (TPSA) is 29.1 Å². The molecule has 2 aliphatic carbocycles. The number of hydrogen-bond donors (Lipinski definition) is 1. The average molecular weight is 197 g/mol. The average Bonchev–Trinajstić information content (AvgIpc) is 2.89. The van der Waals surface area contributed by atoms with Crippen LogP contribution < -0.4 is 5.32 Å². The number of piperidine rings is 1. The highest BCUT2D eigenvalue weighted by molar-refractivity contribution is 6.10. The molecule has 2 heteroatoms. The lowest BCUT2D eigenvalue weighted by molar-refractivity contribution is 0.0917. The van der Waals surface area contributed by atoms with Gasteiger partial charge in [-0.1, -0.05) is 24.3 Å². The second kappa shape index (κ2) is 2.16. The van der Waals surface area contributed by atoms with E-state index in [9.17, 15) is 4.79 Å². The Morgan fingerprint density at radius 1 is 1.33 bits per heavy atom. The van der Waals surface area contributed by atoms with Gasteiger partial charge in [0, 0.05) is 17.8 Å². The van der Waals surface area contributed by atoms with E-state index in [1.54, 1.807) is 0 Å². The van der Waals surface area contributed by atoms with E-state index in [1.165, 1.54) is 0 Å². The first-order valence-corrected chi connectivity index (χ1v) is 5.42. The molecular weight excluding hydrogens is 186 g/mol. The SMILES string of the molecule is O=C1c2ccccc2C=C2NC[C@@H]3C[C@]123. The molecule has 0 bridgehead atoms. The van der Waals surface area contributed by atoms with Gasteiger partial charge in [-0.15, -0.1) is 0 Å². The summed E-state index contributed by atoms with van der Waals surface area (Å²) in [6, 6.07) is 7.91. The lowest BCUT2D eigenvalue weighted by atomic mass is 9.83. The van der Waals surface area contributed by atoms with E-state index < -0.39 is 0 Å². The Hall–Kier alpha value is -1.57. The molecule has 1 N–H and O–H groups in total. The van der Waals surface area contributed by atoms with Gasteiger partial charge in [-0.05, 0) is 24.0 Å². The first kappa shape index (κ1) is 7.69. The number of benzene rings is 1. The Kier molecular flexibility index (Phi) is 1.11. The maximum atomic E-state index is 12.4. The summed E-state index contributed by atoms with van der Waals surface area (Å²) in [4.78, 5) is 12.4. The number of fused-ring (bicyclic) bond motifs is 1. The van der Waals surface area contributed by atoms with E-state index >= 15 is 0 Å². The summed E-state index contributed by atoms with van der Waals surface area (Å²) in [5.41, 5.74) is 3.01. The van der Waals surface area contributed by atoms with Crippen LogP contribution in [0.15, 0.2) is 30.0 Å². The molecule has 1 aromatic carbocycles. The van der Waals surface area contributed by atoms with Crippen molar-refractivity contribution in [2.24, 2.45) is 11.3 Å². The zero-order valence-electron chi connectivity index (χ0n) is 8.29. The Labute approximate surface area is 88.0 Å². The molecule has 74 valence electrons. The van der Waals surface area contributed by atoms with Gasteiger partial charge in [0.05, 0.1) is 5.41 Å². The minimum Gasteiger partial charge on any atom is -0.387 e. The highest BCUT2D eigenvalue weighted by Crippen LogP contribution is 2.63. The maximum Gasteiger partial charge on any atom is 0.175 e. The van der Waals surface area contributed by atoms with Gasteiger partial charge in [-0.3, -0.25) is 4.79 Å². The molecule has 3 aliphatic rings. The van der Waals surface area contributed by atoms with Gasteiger partial charge in [0.15, 0.2) is 5.78 Å².